The summed E-state index contributed by atoms with van der Waals surface area (Å²) in [5.41, 5.74) is 3.42. The molecule has 0 saturated heterocycles. The summed E-state index contributed by atoms with van der Waals surface area (Å²) in [5.74, 6) is 0.204. The van der Waals surface area contributed by atoms with Crippen LogP contribution >= 0.6 is 11.6 Å². The maximum atomic E-state index is 12.6. The van der Waals surface area contributed by atoms with Crippen LogP contribution in [0, 0.1) is 20.8 Å². The third-order valence-electron chi connectivity index (χ3n) is 4.65. The molecule has 1 N–H and O–H groups in total. The van der Waals surface area contributed by atoms with Gasteiger partial charge in [-0.05, 0) is 68.7 Å². The van der Waals surface area contributed by atoms with Gasteiger partial charge >= 0.3 is 0 Å². The number of sulfonamides is 1. The summed E-state index contributed by atoms with van der Waals surface area (Å²) in [4.78, 5) is 12.6. The number of hydrogen-bond acceptors (Lipinski definition) is 4. The molecule has 0 spiro atoms. The molecule has 8 heteroatoms. The first-order valence-electron chi connectivity index (χ1n) is 9.24. The number of rotatable bonds is 8. The van der Waals surface area contributed by atoms with Crippen LogP contribution < -0.4 is 14.4 Å². The van der Waals surface area contributed by atoms with Crippen LogP contribution in [0.4, 0.5) is 5.69 Å². The topological polar surface area (TPSA) is 75.7 Å². The third kappa shape index (κ3) is 6.11. The molecule has 0 unspecified atom stereocenters. The van der Waals surface area contributed by atoms with E-state index in [0.29, 0.717) is 16.5 Å². The molecule has 1 atom stereocenters. The smallest absolute Gasteiger partial charge is 0.243 e. The number of amides is 1. The van der Waals surface area contributed by atoms with E-state index in [1.54, 1.807) is 31.2 Å². The van der Waals surface area contributed by atoms with Crippen molar-refractivity contribution in [2.24, 2.45) is 0 Å². The molecular weight excluding hydrogens is 412 g/mol. The lowest BCUT2D eigenvalue weighted by Gasteiger charge is -2.28. The van der Waals surface area contributed by atoms with Crippen molar-refractivity contribution in [3.8, 4) is 5.75 Å². The number of aryl methyl sites for hydroxylation is 3. The molecule has 0 radical (unpaired) electrons. The quantitative estimate of drug-likeness (QED) is 0.639. The van der Waals surface area contributed by atoms with Gasteiger partial charge in [0.15, 0.2) is 0 Å². The SMILES string of the molecule is Cc1ccc(N([C@H](C)C(=O)NCCOc2ccc(C)c(Cl)c2)S(C)(=O)=O)cc1C. The largest absolute Gasteiger partial charge is 0.492 e. The highest BCUT2D eigenvalue weighted by atomic mass is 35.5. The monoisotopic (exact) mass is 438 g/mol. The van der Waals surface area contributed by atoms with E-state index in [1.165, 1.54) is 0 Å². The van der Waals surface area contributed by atoms with Gasteiger partial charge < -0.3 is 10.1 Å². The molecule has 0 heterocycles. The van der Waals surface area contributed by atoms with Crippen LogP contribution in [0.25, 0.3) is 0 Å². The number of nitrogens with one attached hydrogen (secondary N) is 1. The molecule has 0 fully saturated rings. The van der Waals surface area contributed by atoms with Crippen LogP contribution in [-0.4, -0.2) is 39.8 Å². The molecule has 1 amide bonds. The van der Waals surface area contributed by atoms with E-state index in [9.17, 15) is 13.2 Å². The number of benzene rings is 2. The van der Waals surface area contributed by atoms with Gasteiger partial charge in [0.05, 0.1) is 18.5 Å². The maximum Gasteiger partial charge on any atom is 0.243 e. The summed E-state index contributed by atoms with van der Waals surface area (Å²) in [7, 11) is -3.65. The van der Waals surface area contributed by atoms with Gasteiger partial charge in [-0.25, -0.2) is 8.42 Å². The predicted molar refractivity (Wildman–Crippen MR) is 117 cm³/mol. The Hall–Kier alpha value is -2.25. The van der Waals surface area contributed by atoms with Gasteiger partial charge in [0.25, 0.3) is 0 Å². The Morgan fingerprint density at radius 1 is 1.10 bits per heavy atom. The van der Waals surface area contributed by atoms with Gasteiger partial charge in [-0.15, -0.1) is 0 Å². The van der Waals surface area contributed by atoms with Crippen molar-refractivity contribution in [2.45, 2.75) is 33.7 Å². The van der Waals surface area contributed by atoms with Crippen LogP contribution in [0.1, 0.15) is 23.6 Å². The number of carbonyl (C=O) groups is 1. The van der Waals surface area contributed by atoms with Gasteiger partial charge in [-0.1, -0.05) is 23.7 Å². The lowest BCUT2D eigenvalue weighted by atomic mass is 10.1. The molecule has 29 heavy (non-hydrogen) atoms. The van der Waals surface area contributed by atoms with Crippen molar-refractivity contribution < 1.29 is 17.9 Å². The standard InChI is InChI=1S/C21H27ClN2O4S/c1-14-6-8-18(12-16(14)3)24(29(5,26)27)17(4)21(25)23-10-11-28-19-9-7-15(2)20(22)13-19/h6-9,12-13,17H,10-11H2,1-5H3,(H,23,25)/t17-/m1/s1. The fourth-order valence-electron chi connectivity index (χ4n) is 2.83. The molecule has 0 aliphatic rings. The predicted octanol–water partition coefficient (Wildman–Crippen LogP) is 3.61. The first-order valence-corrected chi connectivity index (χ1v) is 11.5. The first kappa shape index (κ1) is 23.0. The molecule has 6 nitrogen and oxygen atoms in total. The van der Waals surface area contributed by atoms with E-state index in [2.05, 4.69) is 5.32 Å². The Labute approximate surface area is 177 Å². The Bertz CT molecular complexity index is 992. The summed E-state index contributed by atoms with van der Waals surface area (Å²) < 4.78 is 31.4. The number of ether oxygens (including phenoxy) is 1. The highest BCUT2D eigenvalue weighted by molar-refractivity contribution is 7.92. The molecule has 0 aliphatic heterocycles. The minimum Gasteiger partial charge on any atom is -0.492 e. The molecule has 2 aromatic rings. The lowest BCUT2D eigenvalue weighted by Crippen LogP contribution is -2.48. The number of halogens is 1. The van der Waals surface area contributed by atoms with Gasteiger partial charge in [0.1, 0.15) is 18.4 Å². The van der Waals surface area contributed by atoms with Gasteiger partial charge in [0.2, 0.25) is 15.9 Å². The summed E-state index contributed by atoms with van der Waals surface area (Å²) in [6, 6.07) is 9.78. The molecule has 2 aromatic carbocycles. The van der Waals surface area contributed by atoms with Gasteiger partial charge in [-0.3, -0.25) is 9.10 Å². The van der Waals surface area contributed by atoms with E-state index in [4.69, 9.17) is 16.3 Å². The highest BCUT2D eigenvalue weighted by Crippen LogP contribution is 2.24. The molecule has 158 valence electrons. The summed E-state index contributed by atoms with van der Waals surface area (Å²) in [6.45, 7) is 7.78. The average molecular weight is 439 g/mol. The van der Waals surface area contributed by atoms with Crippen molar-refractivity contribution >= 4 is 33.2 Å². The van der Waals surface area contributed by atoms with Crippen LogP contribution in [0.3, 0.4) is 0 Å². The summed E-state index contributed by atoms with van der Waals surface area (Å²) in [6.07, 6.45) is 1.09. The van der Waals surface area contributed by atoms with E-state index in [-0.39, 0.29) is 13.2 Å². The summed E-state index contributed by atoms with van der Waals surface area (Å²) in [5, 5.41) is 3.33. The summed E-state index contributed by atoms with van der Waals surface area (Å²) >= 11 is 6.06. The fraction of sp³-hybridized carbons (Fsp3) is 0.381. The molecule has 2 rings (SSSR count). The normalized spacial score (nSPS) is 12.3. The second kappa shape index (κ2) is 9.50. The van der Waals surface area contributed by atoms with Crippen molar-refractivity contribution in [1.82, 2.24) is 5.32 Å². The molecule has 0 aliphatic carbocycles. The Balaban J connectivity index is 2.01. The van der Waals surface area contributed by atoms with Gasteiger partial charge in [-0.2, -0.15) is 0 Å². The minimum atomic E-state index is -3.65. The van der Waals surface area contributed by atoms with Crippen LogP contribution in [-0.2, 0) is 14.8 Å². The van der Waals surface area contributed by atoms with Crippen LogP contribution in [0.15, 0.2) is 36.4 Å². The molecule has 0 aromatic heterocycles. The zero-order chi connectivity index (χ0) is 21.8. The fourth-order valence-corrected chi connectivity index (χ4v) is 4.16. The van der Waals surface area contributed by atoms with Crippen LogP contribution in [0.5, 0.6) is 5.75 Å². The Kier molecular flexibility index (Phi) is 7.54. The highest BCUT2D eigenvalue weighted by Gasteiger charge is 2.29. The molecule has 0 bridgehead atoms. The number of anilines is 1. The van der Waals surface area contributed by atoms with E-state index in [0.717, 1.165) is 27.3 Å². The zero-order valence-corrected chi connectivity index (χ0v) is 18.9. The van der Waals surface area contributed by atoms with Crippen molar-refractivity contribution in [1.29, 1.82) is 0 Å². The second-order valence-electron chi connectivity index (χ2n) is 7.05. The maximum absolute atomic E-state index is 12.6. The van der Waals surface area contributed by atoms with E-state index < -0.39 is 22.0 Å². The third-order valence-corrected chi connectivity index (χ3v) is 6.30. The van der Waals surface area contributed by atoms with E-state index >= 15 is 0 Å². The number of carbonyl (C=O) groups excluding carboxylic acids is 1. The zero-order valence-electron chi connectivity index (χ0n) is 17.3. The first-order chi connectivity index (χ1) is 13.5. The number of nitrogens with zero attached hydrogens (tertiary/aromatic N) is 1. The Morgan fingerprint density at radius 2 is 1.76 bits per heavy atom. The Morgan fingerprint density at radius 3 is 2.34 bits per heavy atom. The van der Waals surface area contributed by atoms with Crippen molar-refractivity contribution in [3.63, 3.8) is 0 Å². The van der Waals surface area contributed by atoms with Crippen molar-refractivity contribution in [3.05, 3.63) is 58.1 Å². The molecule has 0 saturated carbocycles. The van der Waals surface area contributed by atoms with Crippen LogP contribution in [0.2, 0.25) is 5.02 Å². The van der Waals surface area contributed by atoms with Crippen molar-refractivity contribution in [2.75, 3.05) is 23.7 Å². The van der Waals surface area contributed by atoms with E-state index in [1.807, 2.05) is 32.9 Å². The minimum absolute atomic E-state index is 0.235. The molecular formula is C21H27ClN2O4S. The van der Waals surface area contributed by atoms with Gasteiger partial charge in [0, 0.05) is 5.02 Å². The second-order valence-corrected chi connectivity index (χ2v) is 9.32. The number of hydrogen-bond donors (Lipinski definition) is 1. The average Bonchev–Trinajstić information content (AvgIpc) is 2.63. The lowest BCUT2D eigenvalue weighted by molar-refractivity contribution is -0.121.